The van der Waals surface area contributed by atoms with Crippen LogP contribution in [0.5, 0.6) is 5.75 Å². The summed E-state index contributed by atoms with van der Waals surface area (Å²) >= 11 is 0. The number of rotatable bonds is 6. The summed E-state index contributed by atoms with van der Waals surface area (Å²) in [6, 6.07) is 16.2. The molecule has 2 aromatic carbocycles. The van der Waals surface area contributed by atoms with Gasteiger partial charge in [-0.1, -0.05) is 25.1 Å². The predicted octanol–water partition coefficient (Wildman–Crippen LogP) is 4.16. The Morgan fingerprint density at radius 2 is 1.54 bits per heavy atom. The highest BCUT2D eigenvalue weighted by atomic mass is 16.5. The number of hydrogen-bond donors (Lipinski definition) is 2. The third-order valence-electron chi connectivity index (χ3n) is 4.21. The van der Waals surface area contributed by atoms with E-state index in [-0.39, 0.29) is 17.4 Å². The number of nitrogens with zero attached hydrogens (tertiary/aromatic N) is 1. The van der Waals surface area contributed by atoms with Gasteiger partial charge in [0.05, 0.1) is 18.2 Å². The van der Waals surface area contributed by atoms with E-state index < -0.39 is 0 Å². The molecule has 142 valence electrons. The number of aromatic nitrogens is 1. The van der Waals surface area contributed by atoms with E-state index in [1.165, 1.54) is 24.0 Å². The number of amides is 2. The van der Waals surface area contributed by atoms with Crippen LogP contribution in [0.3, 0.4) is 0 Å². The molecule has 0 saturated carbocycles. The van der Waals surface area contributed by atoms with Gasteiger partial charge in [-0.05, 0) is 42.3 Å². The topological polar surface area (TPSA) is 80.3 Å². The number of aryl methyl sites for hydroxylation is 1. The van der Waals surface area contributed by atoms with Crippen molar-refractivity contribution in [2.75, 3.05) is 17.7 Å². The molecule has 6 nitrogen and oxygen atoms in total. The monoisotopic (exact) mass is 375 g/mol. The van der Waals surface area contributed by atoms with Crippen molar-refractivity contribution in [3.63, 3.8) is 0 Å². The molecule has 28 heavy (non-hydrogen) atoms. The summed E-state index contributed by atoms with van der Waals surface area (Å²) in [5.74, 6) is -0.0476. The molecule has 1 heterocycles. The molecule has 6 heteroatoms. The second-order valence-corrected chi connectivity index (χ2v) is 6.15. The predicted molar refractivity (Wildman–Crippen MR) is 109 cm³/mol. The molecule has 0 radical (unpaired) electrons. The average Bonchev–Trinajstić information content (AvgIpc) is 2.74. The smallest absolute Gasteiger partial charge is 0.257 e. The van der Waals surface area contributed by atoms with Gasteiger partial charge >= 0.3 is 0 Å². The van der Waals surface area contributed by atoms with E-state index in [0.717, 1.165) is 6.42 Å². The third kappa shape index (κ3) is 4.73. The fourth-order valence-electron chi connectivity index (χ4n) is 2.62. The average molecular weight is 375 g/mol. The molecule has 0 atom stereocenters. The van der Waals surface area contributed by atoms with Crippen LogP contribution in [-0.2, 0) is 6.42 Å². The molecule has 3 aromatic rings. The first-order valence-electron chi connectivity index (χ1n) is 8.90. The van der Waals surface area contributed by atoms with Crippen molar-refractivity contribution in [3.8, 4) is 5.75 Å². The molecule has 3 rings (SSSR count). The lowest BCUT2D eigenvalue weighted by atomic mass is 10.1. The first-order valence-corrected chi connectivity index (χ1v) is 8.90. The summed E-state index contributed by atoms with van der Waals surface area (Å²) in [5, 5.41) is 5.58. The van der Waals surface area contributed by atoms with Crippen molar-refractivity contribution < 1.29 is 14.3 Å². The van der Waals surface area contributed by atoms with Gasteiger partial charge in [0.1, 0.15) is 5.75 Å². The van der Waals surface area contributed by atoms with E-state index in [1.807, 2.05) is 24.3 Å². The third-order valence-corrected chi connectivity index (χ3v) is 4.21. The second-order valence-electron chi connectivity index (χ2n) is 6.15. The Labute approximate surface area is 163 Å². The molecule has 0 fully saturated rings. The molecule has 0 unspecified atom stereocenters. The number of methoxy groups -OCH3 is 1. The second kappa shape index (κ2) is 8.81. The molecule has 0 bridgehead atoms. The van der Waals surface area contributed by atoms with Crippen LogP contribution in [-0.4, -0.2) is 23.9 Å². The van der Waals surface area contributed by atoms with Crippen molar-refractivity contribution in [1.82, 2.24) is 4.98 Å². The lowest BCUT2D eigenvalue weighted by Gasteiger charge is -2.09. The van der Waals surface area contributed by atoms with Crippen LogP contribution in [0.25, 0.3) is 0 Å². The van der Waals surface area contributed by atoms with E-state index in [2.05, 4.69) is 22.5 Å². The van der Waals surface area contributed by atoms with Crippen molar-refractivity contribution in [1.29, 1.82) is 0 Å². The maximum atomic E-state index is 12.5. The summed E-state index contributed by atoms with van der Waals surface area (Å²) in [7, 11) is 1.56. The van der Waals surface area contributed by atoms with E-state index in [9.17, 15) is 9.59 Å². The fraction of sp³-hybridized carbons (Fsp3) is 0.136. The zero-order valence-corrected chi connectivity index (χ0v) is 15.7. The highest BCUT2D eigenvalue weighted by Crippen LogP contribution is 2.18. The molecule has 0 spiro atoms. The fourth-order valence-corrected chi connectivity index (χ4v) is 2.62. The van der Waals surface area contributed by atoms with Crippen LogP contribution in [0.15, 0.2) is 67.0 Å². The Bertz CT molecular complexity index is 984. The normalized spacial score (nSPS) is 10.2. The minimum Gasteiger partial charge on any atom is -0.497 e. The van der Waals surface area contributed by atoms with Crippen LogP contribution in [0, 0.1) is 0 Å². The van der Waals surface area contributed by atoms with Gasteiger partial charge < -0.3 is 15.4 Å². The van der Waals surface area contributed by atoms with Crippen LogP contribution in [0.2, 0.25) is 0 Å². The number of nitrogens with one attached hydrogen (secondary N) is 2. The number of ether oxygens (including phenoxy) is 1. The first-order chi connectivity index (χ1) is 13.6. The summed E-state index contributed by atoms with van der Waals surface area (Å²) in [6.45, 7) is 2.07. The number of benzene rings is 2. The molecular weight excluding hydrogens is 354 g/mol. The Hall–Kier alpha value is -3.67. The summed E-state index contributed by atoms with van der Waals surface area (Å²) in [6.07, 6.45) is 3.78. The highest BCUT2D eigenvalue weighted by molar-refractivity contribution is 6.08. The van der Waals surface area contributed by atoms with E-state index >= 15 is 0 Å². The van der Waals surface area contributed by atoms with Gasteiger partial charge in [-0.25, -0.2) is 0 Å². The van der Waals surface area contributed by atoms with Gasteiger partial charge in [0.15, 0.2) is 0 Å². The van der Waals surface area contributed by atoms with Crippen molar-refractivity contribution in [3.05, 3.63) is 83.7 Å². The Balaban J connectivity index is 1.71. The zero-order chi connectivity index (χ0) is 19.9. The molecule has 0 saturated heterocycles. The minimum absolute atomic E-state index is 0.289. The van der Waals surface area contributed by atoms with Crippen LogP contribution >= 0.6 is 0 Å². The van der Waals surface area contributed by atoms with E-state index in [4.69, 9.17) is 4.74 Å². The van der Waals surface area contributed by atoms with Crippen molar-refractivity contribution >= 4 is 23.2 Å². The number of anilines is 2. The standard InChI is InChI=1S/C22H21N3O3/c1-3-15-7-9-18(10-8-15)24-21(26)16-11-17(14-23-13-16)22(27)25-19-5-4-6-20(12-19)28-2/h4-14H,3H2,1-2H3,(H,24,26)(H,25,27). The quantitative estimate of drug-likeness (QED) is 0.678. The van der Waals surface area contributed by atoms with Crippen LogP contribution in [0.4, 0.5) is 11.4 Å². The minimum atomic E-state index is -0.359. The molecular formula is C22H21N3O3. The first kappa shape index (κ1) is 19.1. The number of pyridine rings is 1. The van der Waals surface area contributed by atoms with Gasteiger partial charge in [0, 0.05) is 29.8 Å². The summed E-state index contributed by atoms with van der Waals surface area (Å²) < 4.78 is 5.15. The SMILES string of the molecule is CCc1ccc(NC(=O)c2cncc(C(=O)Nc3cccc(OC)c3)c2)cc1. The Kier molecular flexibility index (Phi) is 6.01. The zero-order valence-electron chi connectivity index (χ0n) is 15.7. The Morgan fingerprint density at radius 1 is 0.893 bits per heavy atom. The molecule has 1 aromatic heterocycles. The largest absolute Gasteiger partial charge is 0.497 e. The lowest BCUT2D eigenvalue weighted by molar-refractivity contribution is 0.102. The van der Waals surface area contributed by atoms with Crippen molar-refractivity contribution in [2.24, 2.45) is 0 Å². The summed E-state index contributed by atoms with van der Waals surface area (Å²) in [4.78, 5) is 29.0. The maximum absolute atomic E-state index is 12.5. The molecule has 0 aliphatic rings. The molecule has 2 N–H and O–H groups in total. The highest BCUT2D eigenvalue weighted by Gasteiger charge is 2.12. The maximum Gasteiger partial charge on any atom is 0.257 e. The van der Waals surface area contributed by atoms with Crippen LogP contribution in [0.1, 0.15) is 33.2 Å². The van der Waals surface area contributed by atoms with E-state index in [0.29, 0.717) is 22.7 Å². The van der Waals surface area contributed by atoms with Crippen LogP contribution < -0.4 is 15.4 Å². The van der Waals surface area contributed by atoms with E-state index in [1.54, 1.807) is 31.4 Å². The van der Waals surface area contributed by atoms with Gasteiger partial charge in [-0.3, -0.25) is 14.6 Å². The van der Waals surface area contributed by atoms with Gasteiger partial charge in [-0.2, -0.15) is 0 Å². The lowest BCUT2D eigenvalue weighted by Crippen LogP contribution is -2.16. The molecule has 0 aliphatic heterocycles. The van der Waals surface area contributed by atoms with Gasteiger partial charge in [-0.15, -0.1) is 0 Å². The molecule has 0 aliphatic carbocycles. The van der Waals surface area contributed by atoms with Gasteiger partial charge in [0.2, 0.25) is 0 Å². The van der Waals surface area contributed by atoms with Gasteiger partial charge in [0.25, 0.3) is 11.8 Å². The number of carbonyl (C=O) groups is 2. The van der Waals surface area contributed by atoms with Crippen molar-refractivity contribution in [2.45, 2.75) is 13.3 Å². The summed E-state index contributed by atoms with van der Waals surface area (Å²) in [5.41, 5.74) is 3.06. The number of carbonyl (C=O) groups excluding carboxylic acids is 2. The number of hydrogen-bond acceptors (Lipinski definition) is 4. The molecule has 2 amide bonds. The Morgan fingerprint density at radius 3 is 2.14 bits per heavy atom.